The van der Waals surface area contributed by atoms with E-state index in [9.17, 15) is 9.59 Å². The van der Waals surface area contributed by atoms with Crippen LogP contribution in [0.15, 0.2) is 23.1 Å². The van der Waals surface area contributed by atoms with Gasteiger partial charge in [-0.15, -0.1) is 11.8 Å². The van der Waals surface area contributed by atoms with Crippen molar-refractivity contribution >= 4 is 29.1 Å². The summed E-state index contributed by atoms with van der Waals surface area (Å²) in [5, 5.41) is 2.73. The van der Waals surface area contributed by atoms with Crippen LogP contribution in [0.3, 0.4) is 0 Å². The Hall–Kier alpha value is -1.29. The molecule has 1 amide bonds. The predicted octanol–water partition coefficient (Wildman–Crippen LogP) is 2.71. The van der Waals surface area contributed by atoms with Crippen LogP contribution in [0.4, 0.5) is 5.69 Å². The van der Waals surface area contributed by atoms with Gasteiger partial charge in [0.05, 0.1) is 10.9 Å². The van der Waals surface area contributed by atoms with Gasteiger partial charge >= 0.3 is 0 Å². The Morgan fingerprint density at radius 3 is 2.94 bits per heavy atom. The van der Waals surface area contributed by atoms with Crippen molar-refractivity contribution in [2.75, 3.05) is 5.32 Å². The van der Waals surface area contributed by atoms with Crippen LogP contribution in [0.25, 0.3) is 0 Å². The molecule has 0 saturated heterocycles. The summed E-state index contributed by atoms with van der Waals surface area (Å²) in [5.74, 6) is 0.153. The topological polar surface area (TPSA) is 46.2 Å². The highest BCUT2D eigenvalue weighted by Crippen LogP contribution is 2.36. The molecule has 0 saturated carbocycles. The Labute approximate surface area is 98.6 Å². The van der Waals surface area contributed by atoms with Crippen molar-refractivity contribution in [2.45, 2.75) is 30.4 Å². The first-order chi connectivity index (χ1) is 7.61. The van der Waals surface area contributed by atoms with Crippen LogP contribution < -0.4 is 5.32 Å². The summed E-state index contributed by atoms with van der Waals surface area (Å²) in [7, 11) is 0. The molecule has 3 nitrogen and oxygen atoms in total. The second kappa shape index (κ2) is 4.29. The van der Waals surface area contributed by atoms with Gasteiger partial charge in [-0.3, -0.25) is 9.59 Å². The van der Waals surface area contributed by atoms with Gasteiger partial charge < -0.3 is 5.32 Å². The molecule has 84 valence electrons. The Morgan fingerprint density at radius 2 is 2.25 bits per heavy atom. The summed E-state index contributed by atoms with van der Waals surface area (Å²) in [4.78, 5) is 24.0. The third-order valence-corrected chi connectivity index (χ3v) is 3.71. The van der Waals surface area contributed by atoms with Gasteiger partial charge in [0.1, 0.15) is 0 Å². The molecule has 0 aliphatic carbocycles. The molecule has 0 spiro atoms. The molecule has 0 radical (unpaired) electrons. The lowest BCUT2D eigenvalue weighted by molar-refractivity contribution is -0.115. The molecule has 1 atom stereocenters. The summed E-state index contributed by atoms with van der Waals surface area (Å²) < 4.78 is 0. The Kier molecular flexibility index (Phi) is 3.01. The molecular formula is C12H13NO2S. The number of benzene rings is 1. The van der Waals surface area contributed by atoms with Gasteiger partial charge in [-0.05, 0) is 25.1 Å². The largest absolute Gasteiger partial charge is 0.324 e. The number of anilines is 1. The van der Waals surface area contributed by atoms with E-state index in [1.54, 1.807) is 12.1 Å². The SMILES string of the molecule is CCC(=O)c1ccc2c(c1)SC(C)C(=O)N2. The minimum atomic E-state index is -0.0977. The first-order valence-electron chi connectivity index (χ1n) is 5.26. The molecule has 1 N–H and O–H groups in total. The number of carbonyl (C=O) groups excluding carboxylic acids is 2. The lowest BCUT2D eigenvalue weighted by atomic mass is 10.1. The van der Waals surface area contributed by atoms with E-state index in [2.05, 4.69) is 5.32 Å². The maximum atomic E-state index is 11.5. The van der Waals surface area contributed by atoms with E-state index in [1.165, 1.54) is 11.8 Å². The second-order valence-corrected chi connectivity index (χ2v) is 5.12. The summed E-state index contributed by atoms with van der Waals surface area (Å²) in [5.41, 5.74) is 1.53. The summed E-state index contributed by atoms with van der Waals surface area (Å²) >= 11 is 1.50. The predicted molar refractivity (Wildman–Crippen MR) is 65.0 cm³/mol. The van der Waals surface area contributed by atoms with Gasteiger partial charge in [0.25, 0.3) is 0 Å². The number of nitrogens with one attached hydrogen (secondary N) is 1. The zero-order chi connectivity index (χ0) is 11.7. The van der Waals surface area contributed by atoms with Crippen LogP contribution in [0.5, 0.6) is 0 Å². The average molecular weight is 235 g/mol. The normalized spacial score (nSPS) is 18.9. The smallest absolute Gasteiger partial charge is 0.237 e. The van der Waals surface area contributed by atoms with E-state index in [0.717, 1.165) is 16.1 Å². The molecule has 0 aromatic heterocycles. The van der Waals surface area contributed by atoms with Gasteiger partial charge in [-0.1, -0.05) is 6.92 Å². The fraction of sp³-hybridized carbons (Fsp3) is 0.333. The molecule has 1 aliphatic heterocycles. The minimum absolute atomic E-state index is 0.0204. The van der Waals surface area contributed by atoms with Crippen LogP contribution in [0.1, 0.15) is 30.6 Å². The number of Topliss-reactive ketones (excluding diaryl/α,β-unsaturated/α-hetero) is 1. The van der Waals surface area contributed by atoms with Crippen molar-refractivity contribution in [3.63, 3.8) is 0 Å². The van der Waals surface area contributed by atoms with Crippen LogP contribution in [0.2, 0.25) is 0 Å². The molecule has 0 fully saturated rings. The number of fused-ring (bicyclic) bond motifs is 1. The van der Waals surface area contributed by atoms with Gasteiger partial charge in [-0.25, -0.2) is 0 Å². The van der Waals surface area contributed by atoms with Gasteiger partial charge in [0, 0.05) is 16.9 Å². The van der Waals surface area contributed by atoms with Gasteiger partial charge in [-0.2, -0.15) is 0 Å². The van der Waals surface area contributed by atoms with Gasteiger partial charge in [0.2, 0.25) is 5.91 Å². The quantitative estimate of drug-likeness (QED) is 0.802. The Bertz CT molecular complexity index is 456. The third-order valence-electron chi connectivity index (χ3n) is 2.56. The highest BCUT2D eigenvalue weighted by Gasteiger charge is 2.23. The van der Waals surface area contributed by atoms with E-state index in [-0.39, 0.29) is 16.9 Å². The first kappa shape index (κ1) is 11.2. The number of amides is 1. The molecule has 16 heavy (non-hydrogen) atoms. The van der Waals surface area contributed by atoms with Crippen molar-refractivity contribution in [3.8, 4) is 0 Å². The molecular weight excluding hydrogens is 222 g/mol. The highest BCUT2D eigenvalue weighted by atomic mass is 32.2. The van der Waals surface area contributed by atoms with E-state index in [1.807, 2.05) is 19.9 Å². The molecule has 1 heterocycles. The number of rotatable bonds is 2. The van der Waals surface area contributed by atoms with E-state index < -0.39 is 0 Å². The standard InChI is InChI=1S/C12H13NO2S/c1-3-10(14)8-4-5-9-11(6-8)16-7(2)12(15)13-9/h4-7H,3H2,1-2H3,(H,13,15). The highest BCUT2D eigenvalue weighted by molar-refractivity contribution is 8.00. The number of ketones is 1. The average Bonchev–Trinajstić information content (AvgIpc) is 2.29. The maximum absolute atomic E-state index is 11.5. The van der Waals surface area contributed by atoms with Crippen molar-refractivity contribution in [3.05, 3.63) is 23.8 Å². The second-order valence-electron chi connectivity index (χ2n) is 3.74. The summed E-state index contributed by atoms with van der Waals surface area (Å²) in [6.07, 6.45) is 0.505. The van der Waals surface area contributed by atoms with Crippen molar-refractivity contribution in [2.24, 2.45) is 0 Å². The van der Waals surface area contributed by atoms with Crippen LogP contribution in [0, 0.1) is 0 Å². The third kappa shape index (κ3) is 1.97. The Morgan fingerprint density at radius 1 is 1.50 bits per heavy atom. The van der Waals surface area contributed by atoms with Crippen molar-refractivity contribution < 1.29 is 9.59 Å². The number of hydrogen-bond donors (Lipinski definition) is 1. The Balaban J connectivity index is 2.36. The molecule has 4 heteroatoms. The molecule has 1 aromatic rings. The molecule has 1 unspecified atom stereocenters. The van der Waals surface area contributed by atoms with Crippen LogP contribution in [-0.2, 0) is 4.79 Å². The van der Waals surface area contributed by atoms with E-state index >= 15 is 0 Å². The fourth-order valence-electron chi connectivity index (χ4n) is 1.58. The van der Waals surface area contributed by atoms with Crippen molar-refractivity contribution in [1.29, 1.82) is 0 Å². The number of hydrogen-bond acceptors (Lipinski definition) is 3. The van der Waals surface area contributed by atoms with E-state index in [4.69, 9.17) is 0 Å². The summed E-state index contributed by atoms with van der Waals surface area (Å²) in [6.45, 7) is 3.70. The monoisotopic (exact) mass is 235 g/mol. The molecule has 1 aromatic carbocycles. The lowest BCUT2D eigenvalue weighted by Crippen LogP contribution is -2.26. The summed E-state index contributed by atoms with van der Waals surface area (Å²) in [6, 6.07) is 5.43. The number of carbonyl (C=O) groups is 2. The maximum Gasteiger partial charge on any atom is 0.237 e. The first-order valence-corrected chi connectivity index (χ1v) is 6.14. The fourth-order valence-corrected chi connectivity index (χ4v) is 2.57. The number of thioether (sulfide) groups is 1. The van der Waals surface area contributed by atoms with Crippen molar-refractivity contribution in [1.82, 2.24) is 0 Å². The van der Waals surface area contributed by atoms with Crippen LogP contribution >= 0.6 is 11.8 Å². The zero-order valence-electron chi connectivity index (χ0n) is 9.24. The molecule has 1 aliphatic rings. The minimum Gasteiger partial charge on any atom is -0.324 e. The molecule has 0 bridgehead atoms. The van der Waals surface area contributed by atoms with Gasteiger partial charge in [0.15, 0.2) is 5.78 Å². The lowest BCUT2D eigenvalue weighted by Gasteiger charge is -2.21. The zero-order valence-corrected chi connectivity index (χ0v) is 10.1. The molecule has 2 rings (SSSR count). The van der Waals surface area contributed by atoms with E-state index in [0.29, 0.717) is 6.42 Å². The van der Waals surface area contributed by atoms with Crippen LogP contribution in [-0.4, -0.2) is 16.9 Å².